The van der Waals surface area contributed by atoms with Gasteiger partial charge in [-0.2, -0.15) is 5.12 Å². The Morgan fingerprint density at radius 2 is 1.82 bits per heavy atom. The van der Waals surface area contributed by atoms with E-state index in [1.165, 1.54) is 10.0 Å². The third-order valence-corrected chi connectivity index (χ3v) is 6.65. The molecular formula is C25H27N5O4. The Bertz CT molecular complexity index is 1140. The molecule has 9 heteroatoms. The third-order valence-electron chi connectivity index (χ3n) is 6.65. The average molecular weight is 462 g/mol. The highest BCUT2D eigenvalue weighted by molar-refractivity contribution is 6.05. The standard InChI is InChI=1S/C25H27N5O4/c31-21(15-29(25(33)34)17-10-5-2-6-11-17)27-30-14-19-22-18(24(32)28-30)12-7-13-20(22)26-23(19)16-8-3-1-4-9-16/h1,3-4,7-9,12-14,17,23,26H,2,5-6,10-11,15H2,(H,27,31)(H,28,32)(H,33,34). The molecule has 4 N–H and O–H groups in total. The van der Waals surface area contributed by atoms with Crippen LogP contribution in [0.25, 0.3) is 5.57 Å². The summed E-state index contributed by atoms with van der Waals surface area (Å²) in [6, 6.07) is 15.0. The maximum atomic E-state index is 13.0. The molecule has 3 aliphatic rings. The quantitative estimate of drug-likeness (QED) is 0.542. The van der Waals surface area contributed by atoms with Crippen LogP contribution in [0.4, 0.5) is 10.5 Å². The Labute approximate surface area is 197 Å². The average Bonchev–Trinajstić information content (AvgIpc) is 3.14. The van der Waals surface area contributed by atoms with Crippen LogP contribution in [0.3, 0.4) is 0 Å². The third kappa shape index (κ3) is 4.16. The second-order valence-electron chi connectivity index (χ2n) is 8.85. The Balaban J connectivity index is 1.40. The first-order valence-electron chi connectivity index (χ1n) is 11.6. The highest BCUT2D eigenvalue weighted by atomic mass is 16.4. The molecule has 2 aliphatic heterocycles. The first-order valence-corrected chi connectivity index (χ1v) is 11.6. The first kappa shape index (κ1) is 21.8. The Morgan fingerprint density at radius 1 is 1.06 bits per heavy atom. The van der Waals surface area contributed by atoms with Crippen LogP contribution in [0.2, 0.25) is 0 Å². The number of anilines is 1. The zero-order valence-electron chi connectivity index (χ0n) is 18.7. The van der Waals surface area contributed by atoms with Gasteiger partial charge in [0.05, 0.1) is 17.8 Å². The number of nitrogens with one attached hydrogen (secondary N) is 3. The van der Waals surface area contributed by atoms with E-state index in [0.29, 0.717) is 5.56 Å². The second-order valence-corrected chi connectivity index (χ2v) is 8.85. The molecule has 1 aliphatic carbocycles. The molecule has 0 radical (unpaired) electrons. The number of hydrogen-bond acceptors (Lipinski definition) is 5. The van der Waals surface area contributed by atoms with Crippen molar-refractivity contribution in [2.75, 3.05) is 11.9 Å². The second kappa shape index (κ2) is 9.09. The van der Waals surface area contributed by atoms with Gasteiger partial charge in [0.2, 0.25) is 0 Å². The van der Waals surface area contributed by atoms with Crippen molar-refractivity contribution < 1.29 is 19.5 Å². The lowest BCUT2D eigenvalue weighted by Crippen LogP contribution is -2.53. The van der Waals surface area contributed by atoms with E-state index in [1.807, 2.05) is 42.5 Å². The molecule has 176 valence electrons. The van der Waals surface area contributed by atoms with Crippen LogP contribution in [0.1, 0.15) is 59.6 Å². The molecular weight excluding hydrogens is 434 g/mol. The smallest absolute Gasteiger partial charge is 0.408 e. The normalized spacial score (nSPS) is 19.3. The van der Waals surface area contributed by atoms with Gasteiger partial charge in [-0.1, -0.05) is 55.7 Å². The largest absolute Gasteiger partial charge is 0.465 e. The topological polar surface area (TPSA) is 114 Å². The van der Waals surface area contributed by atoms with Crippen LogP contribution in [0.15, 0.2) is 54.7 Å². The summed E-state index contributed by atoms with van der Waals surface area (Å²) < 4.78 is 0. The molecule has 2 aromatic carbocycles. The van der Waals surface area contributed by atoms with Crippen molar-refractivity contribution in [3.8, 4) is 0 Å². The maximum Gasteiger partial charge on any atom is 0.408 e. The highest BCUT2D eigenvalue weighted by Crippen LogP contribution is 2.45. The molecule has 2 heterocycles. The van der Waals surface area contributed by atoms with Crippen molar-refractivity contribution in [3.05, 3.63) is 71.4 Å². The van der Waals surface area contributed by atoms with E-state index in [9.17, 15) is 19.5 Å². The Morgan fingerprint density at radius 3 is 2.56 bits per heavy atom. The molecule has 0 spiro atoms. The number of amides is 3. The zero-order chi connectivity index (χ0) is 23.7. The molecule has 0 aromatic heterocycles. The van der Waals surface area contributed by atoms with Crippen LogP contribution in [0.5, 0.6) is 0 Å². The van der Waals surface area contributed by atoms with Gasteiger partial charge in [-0.25, -0.2) is 15.6 Å². The fraction of sp³-hybridized carbons (Fsp3) is 0.320. The molecule has 5 rings (SSSR count). The molecule has 1 atom stereocenters. The van der Waals surface area contributed by atoms with Gasteiger partial charge < -0.3 is 10.4 Å². The van der Waals surface area contributed by atoms with Gasteiger partial charge in [-0.3, -0.25) is 14.5 Å². The predicted molar refractivity (Wildman–Crippen MR) is 126 cm³/mol. The van der Waals surface area contributed by atoms with Gasteiger partial charge in [0, 0.05) is 22.9 Å². The van der Waals surface area contributed by atoms with Crippen LogP contribution in [-0.4, -0.2) is 45.6 Å². The van der Waals surface area contributed by atoms with Crippen molar-refractivity contribution >= 4 is 29.2 Å². The number of carboxylic acid groups (broad SMARTS) is 1. The molecule has 2 aromatic rings. The molecule has 0 saturated heterocycles. The Kier molecular flexibility index (Phi) is 5.83. The van der Waals surface area contributed by atoms with E-state index < -0.39 is 12.0 Å². The monoisotopic (exact) mass is 461 g/mol. The number of carbonyl (C=O) groups excluding carboxylic acids is 2. The number of benzene rings is 2. The molecule has 34 heavy (non-hydrogen) atoms. The van der Waals surface area contributed by atoms with Crippen molar-refractivity contribution in [1.29, 1.82) is 0 Å². The van der Waals surface area contributed by atoms with Crippen LogP contribution in [-0.2, 0) is 4.79 Å². The van der Waals surface area contributed by atoms with Gasteiger partial charge >= 0.3 is 6.09 Å². The summed E-state index contributed by atoms with van der Waals surface area (Å²) in [4.78, 5) is 38.9. The van der Waals surface area contributed by atoms with Crippen molar-refractivity contribution in [2.24, 2.45) is 0 Å². The van der Waals surface area contributed by atoms with E-state index >= 15 is 0 Å². The lowest BCUT2D eigenvalue weighted by atomic mass is 9.94. The summed E-state index contributed by atoms with van der Waals surface area (Å²) in [7, 11) is 0. The van der Waals surface area contributed by atoms with Crippen molar-refractivity contribution in [2.45, 2.75) is 44.2 Å². The minimum Gasteiger partial charge on any atom is -0.465 e. The molecule has 9 nitrogen and oxygen atoms in total. The maximum absolute atomic E-state index is 13.0. The number of hydrazine groups is 2. The van der Waals surface area contributed by atoms with E-state index in [0.717, 1.165) is 54.5 Å². The fourth-order valence-corrected chi connectivity index (χ4v) is 5.07. The van der Waals surface area contributed by atoms with E-state index in [2.05, 4.69) is 16.2 Å². The molecule has 1 unspecified atom stereocenters. The predicted octanol–water partition coefficient (Wildman–Crippen LogP) is 3.50. The van der Waals surface area contributed by atoms with E-state index in [-0.39, 0.29) is 24.5 Å². The summed E-state index contributed by atoms with van der Waals surface area (Å²) in [5, 5.41) is 14.4. The summed E-state index contributed by atoms with van der Waals surface area (Å²) in [5.74, 6) is -0.875. The van der Waals surface area contributed by atoms with Crippen molar-refractivity contribution in [3.63, 3.8) is 0 Å². The fourth-order valence-electron chi connectivity index (χ4n) is 5.07. The number of hydrogen-bond donors (Lipinski definition) is 4. The lowest BCUT2D eigenvalue weighted by Gasteiger charge is -2.32. The summed E-state index contributed by atoms with van der Waals surface area (Å²) in [6.07, 6.45) is 5.09. The molecule has 1 fully saturated rings. The van der Waals surface area contributed by atoms with Gasteiger partial charge in [-0.15, -0.1) is 0 Å². The van der Waals surface area contributed by atoms with E-state index in [4.69, 9.17) is 0 Å². The molecule has 0 bridgehead atoms. The summed E-state index contributed by atoms with van der Waals surface area (Å²) in [6.45, 7) is -0.298. The SMILES string of the molecule is O=C(CN(C(=O)O)C1CCCCC1)NN1C=C2c3c(cccc3C(=O)N1)NC2c1ccccc1. The van der Waals surface area contributed by atoms with E-state index in [1.54, 1.807) is 12.3 Å². The van der Waals surface area contributed by atoms with Gasteiger partial charge in [0.1, 0.15) is 6.54 Å². The van der Waals surface area contributed by atoms with Crippen LogP contribution >= 0.6 is 0 Å². The van der Waals surface area contributed by atoms with Gasteiger partial charge in [0.15, 0.2) is 0 Å². The minimum atomic E-state index is -1.11. The Hall–Kier alpha value is -4.01. The van der Waals surface area contributed by atoms with Crippen LogP contribution < -0.4 is 16.2 Å². The highest BCUT2D eigenvalue weighted by Gasteiger charge is 2.35. The van der Waals surface area contributed by atoms with Gasteiger partial charge in [-0.05, 0) is 30.5 Å². The number of rotatable bonds is 5. The molecule has 3 amide bonds. The van der Waals surface area contributed by atoms with Crippen LogP contribution in [0, 0.1) is 0 Å². The van der Waals surface area contributed by atoms with Crippen molar-refractivity contribution in [1.82, 2.24) is 20.9 Å². The summed E-state index contributed by atoms with van der Waals surface area (Å²) >= 11 is 0. The lowest BCUT2D eigenvalue weighted by molar-refractivity contribution is -0.127. The zero-order valence-corrected chi connectivity index (χ0v) is 18.7. The first-order chi connectivity index (χ1) is 16.5. The number of carbonyl (C=O) groups is 3. The minimum absolute atomic E-state index is 0.164. The van der Waals surface area contributed by atoms with Gasteiger partial charge in [0.25, 0.3) is 11.8 Å². The summed E-state index contributed by atoms with van der Waals surface area (Å²) in [5.41, 5.74) is 9.35. The number of nitrogens with zero attached hydrogens (tertiary/aromatic N) is 2. The molecule has 1 saturated carbocycles.